The van der Waals surface area contributed by atoms with Crippen molar-refractivity contribution in [3.8, 4) is 0 Å². The Hall–Kier alpha value is -0.160. The summed E-state index contributed by atoms with van der Waals surface area (Å²) < 4.78 is 0. The van der Waals surface area contributed by atoms with Crippen LogP contribution in [0, 0.1) is 0 Å². The summed E-state index contributed by atoms with van der Waals surface area (Å²) in [5, 5.41) is 5.58. The second-order valence-electron chi connectivity index (χ2n) is 3.03. The van der Waals surface area contributed by atoms with Gasteiger partial charge in [0.05, 0.1) is 0 Å². The minimum Gasteiger partial charge on any atom is -0.312 e. The first kappa shape index (κ1) is 6.54. The second kappa shape index (κ2) is 2.47. The number of nitrogens with two attached hydrogens (primary N) is 1. The topological polar surface area (TPSA) is 53.3 Å². The predicted molar refractivity (Wildman–Crippen MR) is 38.8 cm³/mol. The van der Waals surface area contributed by atoms with Crippen molar-refractivity contribution in [2.75, 3.05) is 13.1 Å². The first-order valence-corrected chi connectivity index (χ1v) is 3.88. The van der Waals surface area contributed by atoms with E-state index >= 15 is 0 Å². The molecule has 4 N–H and O–H groups in total. The summed E-state index contributed by atoms with van der Waals surface area (Å²) in [6.07, 6.45) is 2.46. The van der Waals surface area contributed by atoms with Gasteiger partial charge in [-0.3, -0.25) is 5.84 Å². The molecule has 10 heavy (non-hydrogen) atoms. The summed E-state index contributed by atoms with van der Waals surface area (Å²) >= 11 is 0. The minimum absolute atomic E-state index is 0.644. The SMILES string of the molecule is NNN1CCC2NCCC21. The van der Waals surface area contributed by atoms with E-state index in [1.165, 1.54) is 12.8 Å². The fraction of sp³-hybridized carbons (Fsp3) is 1.00. The van der Waals surface area contributed by atoms with Crippen LogP contribution in [0.4, 0.5) is 0 Å². The molecule has 2 heterocycles. The molecule has 2 fully saturated rings. The summed E-state index contributed by atoms with van der Waals surface area (Å²) in [5.41, 5.74) is 2.73. The number of nitrogens with zero attached hydrogens (tertiary/aromatic N) is 1. The highest BCUT2D eigenvalue weighted by Crippen LogP contribution is 2.22. The molecule has 4 nitrogen and oxygen atoms in total. The number of hydrogen-bond donors (Lipinski definition) is 3. The van der Waals surface area contributed by atoms with Gasteiger partial charge in [-0.05, 0) is 19.4 Å². The second-order valence-corrected chi connectivity index (χ2v) is 3.03. The smallest absolute Gasteiger partial charge is 0.0422 e. The van der Waals surface area contributed by atoms with Crippen molar-refractivity contribution in [2.24, 2.45) is 5.84 Å². The van der Waals surface area contributed by atoms with Crippen molar-refractivity contribution in [1.29, 1.82) is 0 Å². The van der Waals surface area contributed by atoms with E-state index in [9.17, 15) is 0 Å². The molecule has 0 amide bonds. The van der Waals surface area contributed by atoms with Gasteiger partial charge in [-0.25, -0.2) is 5.01 Å². The molecule has 58 valence electrons. The van der Waals surface area contributed by atoms with Crippen LogP contribution in [0.25, 0.3) is 0 Å². The van der Waals surface area contributed by atoms with Crippen LogP contribution in [0.3, 0.4) is 0 Å². The molecule has 2 saturated heterocycles. The maximum atomic E-state index is 5.34. The van der Waals surface area contributed by atoms with Crippen molar-refractivity contribution in [3.63, 3.8) is 0 Å². The number of hydrogen-bond acceptors (Lipinski definition) is 4. The first-order chi connectivity index (χ1) is 4.92. The molecule has 2 unspecified atom stereocenters. The summed E-state index contributed by atoms with van der Waals surface area (Å²) in [5.74, 6) is 5.34. The monoisotopic (exact) mass is 142 g/mol. The van der Waals surface area contributed by atoms with E-state index in [0.29, 0.717) is 12.1 Å². The zero-order valence-corrected chi connectivity index (χ0v) is 6.01. The van der Waals surface area contributed by atoms with Crippen LogP contribution in [-0.4, -0.2) is 30.2 Å². The lowest BCUT2D eigenvalue weighted by Gasteiger charge is -2.20. The number of nitrogens with one attached hydrogen (secondary N) is 2. The Balaban J connectivity index is 2.01. The van der Waals surface area contributed by atoms with Crippen molar-refractivity contribution in [2.45, 2.75) is 24.9 Å². The molecule has 2 aliphatic heterocycles. The molecule has 2 rings (SSSR count). The van der Waals surface area contributed by atoms with Gasteiger partial charge in [0.25, 0.3) is 0 Å². The van der Waals surface area contributed by atoms with Crippen LogP contribution in [-0.2, 0) is 0 Å². The molecular weight excluding hydrogens is 128 g/mol. The highest BCUT2D eigenvalue weighted by molar-refractivity contribution is 4.94. The number of fused-ring (bicyclic) bond motifs is 1. The molecule has 0 aliphatic carbocycles. The van der Waals surface area contributed by atoms with Crippen molar-refractivity contribution in [1.82, 2.24) is 15.9 Å². The molecule has 0 saturated carbocycles. The van der Waals surface area contributed by atoms with Gasteiger partial charge in [0.15, 0.2) is 0 Å². The number of rotatable bonds is 1. The van der Waals surface area contributed by atoms with Crippen molar-refractivity contribution in [3.05, 3.63) is 0 Å². The van der Waals surface area contributed by atoms with Gasteiger partial charge >= 0.3 is 0 Å². The van der Waals surface area contributed by atoms with Gasteiger partial charge in [-0.2, -0.15) is 5.53 Å². The van der Waals surface area contributed by atoms with E-state index in [2.05, 4.69) is 15.9 Å². The van der Waals surface area contributed by atoms with E-state index in [4.69, 9.17) is 5.84 Å². The molecule has 2 aliphatic rings. The standard InChI is InChI=1S/C6H14N4/c7-9-10-4-2-5-6(10)1-3-8-5/h5-6,8-9H,1-4,7H2. The van der Waals surface area contributed by atoms with E-state index < -0.39 is 0 Å². The van der Waals surface area contributed by atoms with Crippen LogP contribution < -0.4 is 16.7 Å². The molecule has 0 bridgehead atoms. The molecule has 0 spiro atoms. The summed E-state index contributed by atoms with van der Waals surface area (Å²) in [4.78, 5) is 0. The average molecular weight is 142 g/mol. The Morgan fingerprint density at radius 1 is 1.50 bits per heavy atom. The lowest BCUT2D eigenvalue weighted by Crippen LogP contribution is -2.47. The molecule has 0 aromatic heterocycles. The third-order valence-corrected chi connectivity index (χ3v) is 2.56. The van der Waals surface area contributed by atoms with Crippen LogP contribution in [0.5, 0.6) is 0 Å². The summed E-state index contributed by atoms with van der Waals surface area (Å²) in [7, 11) is 0. The highest BCUT2D eigenvalue weighted by Gasteiger charge is 2.36. The van der Waals surface area contributed by atoms with Crippen molar-refractivity contribution >= 4 is 0 Å². The Morgan fingerprint density at radius 3 is 3.20 bits per heavy atom. The Labute approximate surface area is 60.7 Å². The summed E-state index contributed by atoms with van der Waals surface area (Å²) in [6, 6.07) is 1.33. The molecule has 4 heteroatoms. The van der Waals surface area contributed by atoms with Gasteiger partial charge in [0.1, 0.15) is 0 Å². The third-order valence-electron chi connectivity index (χ3n) is 2.56. The molecule has 0 aromatic rings. The van der Waals surface area contributed by atoms with Crippen LogP contribution in [0.1, 0.15) is 12.8 Å². The maximum Gasteiger partial charge on any atom is 0.0422 e. The fourth-order valence-corrected chi connectivity index (χ4v) is 2.03. The van der Waals surface area contributed by atoms with Gasteiger partial charge in [0, 0.05) is 18.6 Å². The third kappa shape index (κ3) is 0.845. The van der Waals surface area contributed by atoms with E-state index in [-0.39, 0.29) is 0 Å². The molecule has 0 radical (unpaired) electrons. The quantitative estimate of drug-likeness (QED) is 0.318. The lowest BCUT2D eigenvalue weighted by molar-refractivity contribution is 0.172. The van der Waals surface area contributed by atoms with Crippen molar-refractivity contribution < 1.29 is 0 Å². The molecular formula is C6H14N4. The predicted octanol–water partition coefficient (Wildman–Crippen LogP) is -1.20. The van der Waals surface area contributed by atoms with Crippen LogP contribution in [0.2, 0.25) is 0 Å². The Bertz CT molecular complexity index is 127. The van der Waals surface area contributed by atoms with Gasteiger partial charge < -0.3 is 5.32 Å². The zero-order valence-electron chi connectivity index (χ0n) is 6.01. The summed E-state index contributed by atoms with van der Waals surface area (Å²) in [6.45, 7) is 2.23. The van der Waals surface area contributed by atoms with Gasteiger partial charge in [-0.1, -0.05) is 0 Å². The van der Waals surface area contributed by atoms with Crippen LogP contribution >= 0.6 is 0 Å². The van der Waals surface area contributed by atoms with Gasteiger partial charge in [-0.15, -0.1) is 0 Å². The Kier molecular flexibility index (Phi) is 1.61. The molecule has 2 atom stereocenters. The average Bonchev–Trinajstić information content (AvgIpc) is 2.44. The Morgan fingerprint density at radius 2 is 2.40 bits per heavy atom. The van der Waals surface area contributed by atoms with E-state index in [1.54, 1.807) is 0 Å². The normalized spacial score (nSPS) is 40.5. The largest absolute Gasteiger partial charge is 0.312 e. The minimum atomic E-state index is 0.644. The van der Waals surface area contributed by atoms with Gasteiger partial charge in [0.2, 0.25) is 0 Å². The highest BCUT2D eigenvalue weighted by atomic mass is 15.6. The van der Waals surface area contributed by atoms with E-state index in [0.717, 1.165) is 13.1 Å². The first-order valence-electron chi connectivity index (χ1n) is 3.88. The lowest BCUT2D eigenvalue weighted by atomic mass is 10.1. The van der Waals surface area contributed by atoms with Crippen LogP contribution in [0.15, 0.2) is 0 Å². The molecule has 0 aromatic carbocycles. The fourth-order valence-electron chi connectivity index (χ4n) is 2.03. The zero-order chi connectivity index (χ0) is 6.97. The maximum absolute atomic E-state index is 5.34. The van der Waals surface area contributed by atoms with E-state index in [1.807, 2.05) is 0 Å². The number of hydrazine groups is 2.